The Morgan fingerprint density at radius 1 is 1.22 bits per heavy atom. The van der Waals surface area contributed by atoms with Crippen LogP contribution in [0, 0.1) is 13.8 Å². The number of fused-ring (bicyclic) bond motifs is 1. The molecule has 1 aliphatic heterocycles. The van der Waals surface area contributed by atoms with Crippen molar-refractivity contribution in [1.82, 2.24) is 5.16 Å². The first kappa shape index (κ1) is 26.4. The monoisotopic (exact) mass is 520 g/mol. The van der Waals surface area contributed by atoms with E-state index in [0.29, 0.717) is 11.3 Å². The lowest BCUT2D eigenvalue weighted by atomic mass is 9.89. The van der Waals surface area contributed by atoms with Gasteiger partial charge in [0.15, 0.2) is 18.0 Å². The number of benzene rings is 1. The van der Waals surface area contributed by atoms with E-state index in [0.717, 1.165) is 0 Å². The van der Waals surface area contributed by atoms with Crippen LogP contribution in [0.1, 0.15) is 25.2 Å². The Morgan fingerprint density at radius 2 is 1.95 bits per heavy atom. The molecule has 4 N–H and O–H groups in total. The minimum absolute atomic E-state index is 0.00722. The number of carbonyl (C=O) groups excluding carboxylic acids is 1. The highest BCUT2D eigenvalue weighted by molar-refractivity contribution is 5.98. The highest BCUT2D eigenvalue weighted by atomic mass is 16.7. The largest absolute Gasteiger partial charge is 0.505 e. The van der Waals surface area contributed by atoms with Crippen molar-refractivity contribution < 1.29 is 48.0 Å². The maximum Gasteiger partial charge on any atom is 0.364 e. The summed E-state index contributed by atoms with van der Waals surface area (Å²) in [5, 5.41) is 37.7. The highest BCUT2D eigenvalue weighted by Gasteiger charge is 2.50. The molecular formula is C24H28N2O11. The van der Waals surface area contributed by atoms with Crippen molar-refractivity contribution in [2.24, 2.45) is 0 Å². The van der Waals surface area contributed by atoms with Gasteiger partial charge < -0.3 is 48.5 Å². The van der Waals surface area contributed by atoms with Crippen LogP contribution in [0.25, 0.3) is 11.0 Å². The number of aliphatic hydroxyl groups is 2. The molecular weight excluding hydrogens is 492 g/mol. The third-order valence-electron chi connectivity index (χ3n) is 6.01. The van der Waals surface area contributed by atoms with E-state index < -0.39 is 59.8 Å². The second-order valence-corrected chi connectivity index (χ2v) is 9.14. The molecule has 1 aromatic carbocycles. The predicted octanol–water partition coefficient (Wildman–Crippen LogP) is 1.37. The summed E-state index contributed by atoms with van der Waals surface area (Å²) in [6, 6.07) is 4.36. The van der Waals surface area contributed by atoms with Crippen molar-refractivity contribution >= 4 is 22.6 Å². The third-order valence-corrected chi connectivity index (χ3v) is 6.01. The summed E-state index contributed by atoms with van der Waals surface area (Å²) in [7, 11) is 1.40. The molecule has 0 saturated carbocycles. The van der Waals surface area contributed by atoms with Crippen LogP contribution < -0.4 is 20.4 Å². The summed E-state index contributed by atoms with van der Waals surface area (Å²) in [5.74, 6) is -0.499. The zero-order valence-corrected chi connectivity index (χ0v) is 20.8. The van der Waals surface area contributed by atoms with E-state index in [1.165, 1.54) is 25.3 Å². The predicted molar refractivity (Wildman–Crippen MR) is 127 cm³/mol. The topological polar surface area (TPSA) is 183 Å². The molecule has 200 valence electrons. The summed E-state index contributed by atoms with van der Waals surface area (Å²) in [5.41, 5.74) is -2.16. The first-order valence-corrected chi connectivity index (χ1v) is 11.3. The molecule has 0 radical (unpaired) electrons. The van der Waals surface area contributed by atoms with Crippen LogP contribution in [0.15, 0.2) is 31.9 Å². The van der Waals surface area contributed by atoms with Crippen molar-refractivity contribution in [1.29, 1.82) is 0 Å². The van der Waals surface area contributed by atoms with Gasteiger partial charge in [-0.1, -0.05) is 0 Å². The second-order valence-electron chi connectivity index (χ2n) is 9.14. The van der Waals surface area contributed by atoms with Gasteiger partial charge in [0, 0.05) is 18.7 Å². The number of aliphatic hydroxyl groups excluding tert-OH is 2. The number of nitrogens with zero attached hydrogens (tertiary/aromatic N) is 1. The number of aromatic hydroxyl groups is 1. The van der Waals surface area contributed by atoms with Crippen molar-refractivity contribution in [3.63, 3.8) is 0 Å². The molecule has 4 rings (SSSR count). The summed E-state index contributed by atoms with van der Waals surface area (Å²) < 4.78 is 32.3. The number of anilines is 1. The molecule has 2 aromatic heterocycles. The minimum Gasteiger partial charge on any atom is -0.505 e. The number of amides is 1. The van der Waals surface area contributed by atoms with E-state index in [2.05, 4.69) is 10.5 Å². The van der Waals surface area contributed by atoms with Gasteiger partial charge in [0.1, 0.15) is 35.4 Å². The first-order chi connectivity index (χ1) is 17.4. The fourth-order valence-electron chi connectivity index (χ4n) is 4.16. The van der Waals surface area contributed by atoms with Crippen LogP contribution in [0.5, 0.6) is 17.4 Å². The van der Waals surface area contributed by atoms with Crippen molar-refractivity contribution in [2.75, 3.05) is 19.0 Å². The average molecular weight is 520 g/mol. The van der Waals surface area contributed by atoms with E-state index in [1.807, 2.05) is 0 Å². The molecule has 0 spiro atoms. The SMILES string of the molecule is CO[C@@H]1[C@@H](O)[C@@H](O)[C@H](Oc2ccc3c(O)c(NC(=O)COc4cc(C)on4)c(=O)oc3c2C)OC1(C)C. The van der Waals surface area contributed by atoms with E-state index >= 15 is 0 Å². The number of methoxy groups -OCH3 is 1. The molecule has 3 heterocycles. The van der Waals surface area contributed by atoms with Crippen LogP contribution in [0.3, 0.4) is 0 Å². The summed E-state index contributed by atoms with van der Waals surface area (Å²) in [6.45, 7) is 6.10. The molecule has 4 atom stereocenters. The fraction of sp³-hybridized carbons (Fsp3) is 0.458. The number of aryl methyl sites for hydroxylation is 2. The maximum absolute atomic E-state index is 12.6. The van der Waals surface area contributed by atoms with Crippen molar-refractivity contribution in [3.8, 4) is 17.4 Å². The summed E-state index contributed by atoms with van der Waals surface area (Å²) in [4.78, 5) is 24.9. The lowest BCUT2D eigenvalue weighted by molar-refractivity contribution is -0.306. The Bertz CT molecular complexity index is 1360. The molecule has 1 amide bonds. The number of hydrogen-bond acceptors (Lipinski definition) is 12. The van der Waals surface area contributed by atoms with Gasteiger partial charge in [-0.3, -0.25) is 4.79 Å². The quantitative estimate of drug-likeness (QED) is 0.329. The molecule has 0 bridgehead atoms. The minimum atomic E-state index is -1.44. The number of ether oxygens (including phenoxy) is 4. The van der Waals surface area contributed by atoms with Gasteiger partial charge in [-0.05, 0) is 45.0 Å². The Morgan fingerprint density at radius 3 is 2.59 bits per heavy atom. The smallest absolute Gasteiger partial charge is 0.364 e. The molecule has 13 heteroatoms. The van der Waals surface area contributed by atoms with Crippen molar-refractivity contribution in [2.45, 2.75) is 57.9 Å². The van der Waals surface area contributed by atoms with Gasteiger partial charge in [0.05, 0.1) is 11.0 Å². The maximum atomic E-state index is 12.6. The Balaban J connectivity index is 1.56. The second kappa shape index (κ2) is 10.0. The molecule has 0 unspecified atom stereocenters. The Labute approximate surface area is 210 Å². The zero-order chi connectivity index (χ0) is 27.1. The first-order valence-electron chi connectivity index (χ1n) is 11.3. The van der Waals surface area contributed by atoms with E-state index in [4.69, 9.17) is 27.9 Å². The van der Waals surface area contributed by atoms with Gasteiger partial charge in [-0.15, -0.1) is 0 Å². The van der Waals surface area contributed by atoms with Crippen LogP contribution in [-0.2, 0) is 14.3 Å². The molecule has 3 aromatic rings. The van der Waals surface area contributed by atoms with Gasteiger partial charge in [-0.2, -0.15) is 0 Å². The van der Waals surface area contributed by atoms with Gasteiger partial charge in [0.25, 0.3) is 11.8 Å². The number of carbonyl (C=O) groups is 1. The summed E-state index contributed by atoms with van der Waals surface area (Å²) in [6.07, 6.45) is -4.78. The molecule has 0 aliphatic carbocycles. The standard InChI is InChI=1S/C24H28N2O11/c1-10-8-15(26-37-10)33-9-14(27)25-16-17(28)12-6-7-13(11(2)20(12)35-22(16)31)34-23-19(30)18(29)21(32-5)24(3,4)36-23/h6-8,18-19,21,23,28-30H,9H2,1-5H3,(H,25,27)/t18-,19+,21+,23+/m0/s1. The number of aromatic nitrogens is 1. The molecule has 1 saturated heterocycles. The molecule has 37 heavy (non-hydrogen) atoms. The van der Waals surface area contributed by atoms with E-state index in [-0.39, 0.29) is 22.6 Å². The number of hydrogen-bond donors (Lipinski definition) is 4. The highest BCUT2D eigenvalue weighted by Crippen LogP contribution is 2.37. The number of rotatable bonds is 7. The van der Waals surface area contributed by atoms with Crippen LogP contribution in [0.2, 0.25) is 0 Å². The van der Waals surface area contributed by atoms with Crippen LogP contribution >= 0.6 is 0 Å². The summed E-state index contributed by atoms with van der Waals surface area (Å²) >= 11 is 0. The molecule has 1 fully saturated rings. The van der Waals surface area contributed by atoms with Gasteiger partial charge in [0.2, 0.25) is 6.29 Å². The number of nitrogens with one attached hydrogen (secondary N) is 1. The average Bonchev–Trinajstić information content (AvgIpc) is 3.26. The lowest BCUT2D eigenvalue weighted by Crippen LogP contribution is -2.63. The lowest BCUT2D eigenvalue weighted by Gasteiger charge is -2.46. The van der Waals surface area contributed by atoms with E-state index in [9.17, 15) is 24.9 Å². The molecule has 1 aliphatic rings. The van der Waals surface area contributed by atoms with Crippen LogP contribution in [-0.4, -0.2) is 70.3 Å². The Hall–Kier alpha value is -3.65. The van der Waals surface area contributed by atoms with Crippen LogP contribution in [0.4, 0.5) is 5.69 Å². The van der Waals surface area contributed by atoms with E-state index in [1.54, 1.807) is 27.7 Å². The van der Waals surface area contributed by atoms with Gasteiger partial charge >= 0.3 is 5.63 Å². The van der Waals surface area contributed by atoms with Gasteiger partial charge in [-0.25, -0.2) is 4.79 Å². The fourth-order valence-corrected chi connectivity index (χ4v) is 4.16. The third kappa shape index (κ3) is 5.11. The normalized spacial score (nSPS) is 23.1. The van der Waals surface area contributed by atoms with Crippen molar-refractivity contribution in [3.05, 3.63) is 39.9 Å². The zero-order valence-electron chi connectivity index (χ0n) is 20.8. The Kier molecular flexibility index (Phi) is 7.15. The molecule has 13 nitrogen and oxygen atoms in total.